The SMILES string of the molecule is Cc1cccc(NC(=O)C(C)N2CCN(Cc3ccccc3)CC2)c1. The maximum absolute atomic E-state index is 12.5. The first kappa shape index (κ1) is 17.6. The Morgan fingerprint density at radius 3 is 2.44 bits per heavy atom. The van der Waals surface area contributed by atoms with Crippen LogP contribution in [-0.2, 0) is 11.3 Å². The van der Waals surface area contributed by atoms with Gasteiger partial charge < -0.3 is 5.32 Å². The molecule has 1 fully saturated rings. The van der Waals surface area contributed by atoms with Gasteiger partial charge in [-0.05, 0) is 37.1 Å². The van der Waals surface area contributed by atoms with Crippen molar-refractivity contribution in [1.29, 1.82) is 0 Å². The van der Waals surface area contributed by atoms with Crippen molar-refractivity contribution in [2.75, 3.05) is 31.5 Å². The molecule has 0 radical (unpaired) electrons. The first-order valence-corrected chi connectivity index (χ1v) is 9.00. The van der Waals surface area contributed by atoms with Crippen LogP contribution in [0.5, 0.6) is 0 Å². The van der Waals surface area contributed by atoms with Gasteiger partial charge in [0.1, 0.15) is 0 Å². The Bertz CT molecular complexity index is 693. The molecular weight excluding hydrogens is 310 g/mol. The third kappa shape index (κ3) is 4.91. The van der Waals surface area contributed by atoms with E-state index in [-0.39, 0.29) is 11.9 Å². The van der Waals surface area contributed by atoms with Crippen LogP contribution < -0.4 is 5.32 Å². The van der Waals surface area contributed by atoms with Crippen molar-refractivity contribution >= 4 is 11.6 Å². The van der Waals surface area contributed by atoms with Crippen molar-refractivity contribution in [2.24, 2.45) is 0 Å². The number of carbonyl (C=O) groups is 1. The predicted molar refractivity (Wildman–Crippen MR) is 103 cm³/mol. The van der Waals surface area contributed by atoms with Crippen molar-refractivity contribution < 1.29 is 4.79 Å². The Morgan fingerprint density at radius 2 is 1.76 bits per heavy atom. The van der Waals surface area contributed by atoms with Gasteiger partial charge in [0.15, 0.2) is 0 Å². The van der Waals surface area contributed by atoms with Crippen LogP contribution in [0, 0.1) is 6.92 Å². The van der Waals surface area contributed by atoms with Gasteiger partial charge in [-0.3, -0.25) is 14.6 Å². The van der Waals surface area contributed by atoms with Crippen LogP contribution in [0.15, 0.2) is 54.6 Å². The summed E-state index contributed by atoms with van der Waals surface area (Å²) in [5.74, 6) is 0.0714. The van der Waals surface area contributed by atoms with Crippen molar-refractivity contribution in [2.45, 2.75) is 26.4 Å². The van der Waals surface area contributed by atoms with E-state index in [1.165, 1.54) is 5.56 Å². The Morgan fingerprint density at radius 1 is 1.04 bits per heavy atom. The standard InChI is InChI=1S/C21H27N3O/c1-17-7-6-10-20(15-17)22-21(25)18(2)24-13-11-23(12-14-24)16-19-8-4-3-5-9-19/h3-10,15,18H,11-14,16H2,1-2H3,(H,22,25). The normalized spacial score (nSPS) is 17.2. The monoisotopic (exact) mass is 337 g/mol. The molecule has 1 saturated heterocycles. The zero-order valence-electron chi connectivity index (χ0n) is 15.1. The number of nitrogens with one attached hydrogen (secondary N) is 1. The smallest absolute Gasteiger partial charge is 0.241 e. The molecular formula is C21H27N3O. The number of anilines is 1. The van der Waals surface area contributed by atoms with Gasteiger partial charge >= 0.3 is 0 Å². The van der Waals surface area contributed by atoms with Gasteiger partial charge in [-0.15, -0.1) is 0 Å². The molecule has 4 heteroatoms. The highest BCUT2D eigenvalue weighted by atomic mass is 16.2. The first-order valence-electron chi connectivity index (χ1n) is 9.00. The van der Waals surface area contributed by atoms with Crippen molar-refractivity contribution in [3.05, 3.63) is 65.7 Å². The van der Waals surface area contributed by atoms with E-state index in [4.69, 9.17) is 0 Å². The second-order valence-electron chi connectivity index (χ2n) is 6.83. The molecule has 1 aliphatic heterocycles. The number of nitrogens with zero attached hydrogens (tertiary/aromatic N) is 2. The Balaban J connectivity index is 1.49. The lowest BCUT2D eigenvalue weighted by Gasteiger charge is -2.37. The lowest BCUT2D eigenvalue weighted by molar-refractivity contribution is -0.121. The summed E-state index contributed by atoms with van der Waals surface area (Å²) >= 11 is 0. The summed E-state index contributed by atoms with van der Waals surface area (Å²) in [6.07, 6.45) is 0. The third-order valence-electron chi connectivity index (χ3n) is 4.87. The molecule has 25 heavy (non-hydrogen) atoms. The number of benzene rings is 2. The molecule has 2 aromatic carbocycles. The molecule has 2 aromatic rings. The maximum atomic E-state index is 12.5. The summed E-state index contributed by atoms with van der Waals surface area (Å²) in [6.45, 7) is 8.86. The minimum absolute atomic E-state index is 0.0714. The zero-order valence-corrected chi connectivity index (χ0v) is 15.1. The van der Waals surface area contributed by atoms with Gasteiger partial charge in [-0.2, -0.15) is 0 Å². The topological polar surface area (TPSA) is 35.6 Å². The molecule has 3 rings (SSSR count). The molecule has 132 valence electrons. The molecule has 1 aliphatic rings. The average Bonchev–Trinajstić information content (AvgIpc) is 2.62. The van der Waals surface area contributed by atoms with Crippen LogP contribution in [-0.4, -0.2) is 47.9 Å². The van der Waals surface area contributed by atoms with E-state index in [0.29, 0.717) is 0 Å². The number of piperazine rings is 1. The number of rotatable bonds is 5. The van der Waals surface area contributed by atoms with Crippen molar-refractivity contribution in [1.82, 2.24) is 9.80 Å². The Labute approximate surface area is 150 Å². The average molecular weight is 337 g/mol. The van der Waals surface area contributed by atoms with E-state index in [1.54, 1.807) is 0 Å². The van der Waals surface area contributed by atoms with E-state index in [0.717, 1.165) is 44.0 Å². The molecule has 0 saturated carbocycles. The molecule has 1 N–H and O–H groups in total. The minimum Gasteiger partial charge on any atom is -0.325 e. The molecule has 0 spiro atoms. The van der Waals surface area contributed by atoms with E-state index in [1.807, 2.05) is 38.1 Å². The molecule has 0 aliphatic carbocycles. The van der Waals surface area contributed by atoms with Crippen LogP contribution in [0.4, 0.5) is 5.69 Å². The summed E-state index contributed by atoms with van der Waals surface area (Å²) in [7, 11) is 0. The fourth-order valence-electron chi connectivity index (χ4n) is 3.29. The quantitative estimate of drug-likeness (QED) is 0.910. The van der Waals surface area contributed by atoms with Gasteiger partial charge in [0.05, 0.1) is 6.04 Å². The molecule has 1 unspecified atom stereocenters. The van der Waals surface area contributed by atoms with Gasteiger partial charge in [0.2, 0.25) is 5.91 Å². The summed E-state index contributed by atoms with van der Waals surface area (Å²) in [5.41, 5.74) is 3.38. The fourth-order valence-corrected chi connectivity index (χ4v) is 3.29. The lowest BCUT2D eigenvalue weighted by Crippen LogP contribution is -2.52. The molecule has 4 nitrogen and oxygen atoms in total. The second-order valence-corrected chi connectivity index (χ2v) is 6.83. The van der Waals surface area contributed by atoms with Crippen LogP contribution in [0.3, 0.4) is 0 Å². The van der Waals surface area contributed by atoms with Crippen LogP contribution in [0.25, 0.3) is 0 Å². The minimum atomic E-state index is -0.112. The summed E-state index contributed by atoms with van der Waals surface area (Å²) in [4.78, 5) is 17.3. The van der Waals surface area contributed by atoms with Gasteiger partial charge in [-0.25, -0.2) is 0 Å². The maximum Gasteiger partial charge on any atom is 0.241 e. The number of aryl methyl sites for hydroxylation is 1. The lowest BCUT2D eigenvalue weighted by atomic mass is 10.1. The molecule has 1 heterocycles. The van der Waals surface area contributed by atoms with Crippen LogP contribution in [0.1, 0.15) is 18.1 Å². The highest BCUT2D eigenvalue weighted by Gasteiger charge is 2.25. The Kier molecular flexibility index (Phi) is 5.84. The van der Waals surface area contributed by atoms with Crippen molar-refractivity contribution in [3.63, 3.8) is 0 Å². The van der Waals surface area contributed by atoms with Crippen LogP contribution in [0.2, 0.25) is 0 Å². The predicted octanol–water partition coefficient (Wildman–Crippen LogP) is 3.14. The highest BCUT2D eigenvalue weighted by molar-refractivity contribution is 5.94. The molecule has 1 amide bonds. The number of hydrogen-bond donors (Lipinski definition) is 1. The van der Waals surface area contributed by atoms with Gasteiger partial charge in [0, 0.05) is 38.4 Å². The number of hydrogen-bond acceptors (Lipinski definition) is 3. The van der Waals surface area contributed by atoms with E-state index in [2.05, 4.69) is 45.4 Å². The van der Waals surface area contributed by atoms with Crippen LogP contribution >= 0.6 is 0 Å². The highest BCUT2D eigenvalue weighted by Crippen LogP contribution is 2.14. The molecule has 0 aromatic heterocycles. The third-order valence-corrected chi connectivity index (χ3v) is 4.87. The Hall–Kier alpha value is -2.17. The largest absolute Gasteiger partial charge is 0.325 e. The van der Waals surface area contributed by atoms with E-state index >= 15 is 0 Å². The fraction of sp³-hybridized carbons (Fsp3) is 0.381. The number of amides is 1. The van der Waals surface area contributed by atoms with Crippen molar-refractivity contribution in [3.8, 4) is 0 Å². The van der Waals surface area contributed by atoms with Gasteiger partial charge in [0.25, 0.3) is 0 Å². The second kappa shape index (κ2) is 8.28. The molecule has 0 bridgehead atoms. The summed E-state index contributed by atoms with van der Waals surface area (Å²) in [6, 6.07) is 18.4. The first-order chi connectivity index (χ1) is 12.1. The number of carbonyl (C=O) groups excluding carboxylic acids is 1. The van der Waals surface area contributed by atoms with E-state index in [9.17, 15) is 4.79 Å². The van der Waals surface area contributed by atoms with Gasteiger partial charge in [-0.1, -0.05) is 42.5 Å². The zero-order chi connectivity index (χ0) is 17.6. The summed E-state index contributed by atoms with van der Waals surface area (Å²) < 4.78 is 0. The molecule has 1 atom stereocenters. The van der Waals surface area contributed by atoms with E-state index < -0.39 is 0 Å². The summed E-state index contributed by atoms with van der Waals surface area (Å²) in [5, 5.41) is 3.04.